The molecule has 0 aliphatic rings. The standard InChI is InChI=1S/C19H37N7O6S/c1-9(2)7-11(20)15(28)26-14(10(3)27)17(30)24-12(5-4-6-23-19(21)22)16(29)25-13(8-33)18(31)32/h9-14,27,33H,4-8,20H2,1-3H3,(H,24,30)(H,25,29)(H,26,28)(H,31,32)(H4,21,22,23). The highest BCUT2D eigenvalue weighted by Crippen LogP contribution is 2.06. The third-order valence-electron chi connectivity index (χ3n) is 4.50. The molecule has 0 radical (unpaired) electrons. The van der Waals surface area contributed by atoms with Crippen LogP contribution < -0.4 is 33.2 Å². The monoisotopic (exact) mass is 491 g/mol. The van der Waals surface area contributed by atoms with Crippen LogP contribution in [0.2, 0.25) is 0 Å². The van der Waals surface area contributed by atoms with Crippen molar-refractivity contribution in [3.05, 3.63) is 0 Å². The Hall–Kier alpha value is -2.58. The minimum atomic E-state index is -1.39. The molecule has 5 unspecified atom stereocenters. The van der Waals surface area contributed by atoms with Crippen LogP contribution in [0.25, 0.3) is 0 Å². The van der Waals surface area contributed by atoms with Gasteiger partial charge in [-0.1, -0.05) is 13.8 Å². The fourth-order valence-corrected chi connectivity index (χ4v) is 3.02. The molecule has 0 aliphatic heterocycles. The van der Waals surface area contributed by atoms with Crippen LogP contribution in [-0.2, 0) is 19.2 Å². The molecule has 13 nitrogen and oxygen atoms in total. The van der Waals surface area contributed by atoms with E-state index in [1.807, 2.05) is 13.8 Å². The summed E-state index contributed by atoms with van der Waals surface area (Å²) in [6, 6.07) is -4.73. The second-order valence-corrected chi connectivity index (χ2v) is 8.42. The van der Waals surface area contributed by atoms with E-state index in [0.717, 1.165) is 0 Å². The molecule has 0 aromatic rings. The minimum Gasteiger partial charge on any atom is -0.480 e. The van der Waals surface area contributed by atoms with Crippen LogP contribution in [0.5, 0.6) is 0 Å². The number of aliphatic hydroxyl groups excluding tert-OH is 1. The Balaban J connectivity index is 5.44. The maximum Gasteiger partial charge on any atom is 0.327 e. The molecule has 0 spiro atoms. The third kappa shape index (κ3) is 12.3. The zero-order valence-corrected chi connectivity index (χ0v) is 20.0. The van der Waals surface area contributed by atoms with Crippen molar-refractivity contribution in [1.82, 2.24) is 16.0 Å². The largest absolute Gasteiger partial charge is 0.480 e. The molecule has 14 heteroatoms. The van der Waals surface area contributed by atoms with Crippen molar-refractivity contribution < 1.29 is 29.4 Å². The van der Waals surface area contributed by atoms with Gasteiger partial charge in [-0.15, -0.1) is 0 Å². The highest BCUT2D eigenvalue weighted by atomic mass is 32.1. The fraction of sp³-hybridized carbons (Fsp3) is 0.737. The number of carbonyl (C=O) groups excluding carboxylic acids is 3. The Labute approximate surface area is 198 Å². The van der Waals surface area contributed by atoms with E-state index < -0.39 is 54.0 Å². The molecule has 5 atom stereocenters. The van der Waals surface area contributed by atoms with Crippen molar-refractivity contribution in [3.63, 3.8) is 0 Å². The predicted molar refractivity (Wildman–Crippen MR) is 126 cm³/mol. The van der Waals surface area contributed by atoms with Crippen molar-refractivity contribution in [3.8, 4) is 0 Å². The van der Waals surface area contributed by atoms with Gasteiger partial charge in [0.1, 0.15) is 18.1 Å². The summed E-state index contributed by atoms with van der Waals surface area (Å²) in [4.78, 5) is 52.8. The number of thiol groups is 1. The van der Waals surface area contributed by atoms with Gasteiger partial charge in [-0.2, -0.15) is 12.6 Å². The number of carboxylic acids is 1. The van der Waals surface area contributed by atoms with E-state index in [1.54, 1.807) is 0 Å². The van der Waals surface area contributed by atoms with Gasteiger partial charge in [0.15, 0.2) is 5.96 Å². The Kier molecular flexibility index (Phi) is 14.1. The average Bonchev–Trinajstić information content (AvgIpc) is 2.70. The van der Waals surface area contributed by atoms with Gasteiger partial charge in [-0.3, -0.25) is 19.4 Å². The Morgan fingerprint density at radius 1 is 0.970 bits per heavy atom. The van der Waals surface area contributed by atoms with Crippen molar-refractivity contribution in [2.75, 3.05) is 12.3 Å². The Bertz CT molecular complexity index is 700. The summed E-state index contributed by atoms with van der Waals surface area (Å²) in [7, 11) is 0. The van der Waals surface area contributed by atoms with E-state index in [1.165, 1.54) is 6.92 Å². The molecule has 190 valence electrons. The molecule has 0 fully saturated rings. The van der Waals surface area contributed by atoms with Crippen molar-refractivity contribution in [1.29, 1.82) is 0 Å². The first-order valence-corrected chi connectivity index (χ1v) is 11.2. The number of aliphatic carboxylic acids is 1. The average molecular weight is 492 g/mol. The highest BCUT2D eigenvalue weighted by molar-refractivity contribution is 7.80. The number of carbonyl (C=O) groups is 4. The number of hydrogen-bond donors (Lipinski definition) is 9. The topological polar surface area (TPSA) is 235 Å². The summed E-state index contributed by atoms with van der Waals surface area (Å²) >= 11 is 3.89. The van der Waals surface area contributed by atoms with Crippen LogP contribution >= 0.6 is 12.6 Å². The third-order valence-corrected chi connectivity index (χ3v) is 4.87. The van der Waals surface area contributed by atoms with Gasteiger partial charge >= 0.3 is 5.97 Å². The molecular formula is C19H37N7O6S. The van der Waals surface area contributed by atoms with Gasteiger partial charge in [-0.05, 0) is 32.1 Å². The van der Waals surface area contributed by atoms with Crippen LogP contribution in [0.1, 0.15) is 40.0 Å². The van der Waals surface area contributed by atoms with E-state index in [0.29, 0.717) is 6.42 Å². The van der Waals surface area contributed by atoms with E-state index in [9.17, 15) is 24.3 Å². The van der Waals surface area contributed by atoms with Crippen LogP contribution in [-0.4, -0.2) is 82.4 Å². The quantitative estimate of drug-likeness (QED) is 0.0499. The van der Waals surface area contributed by atoms with Gasteiger partial charge in [0, 0.05) is 12.3 Å². The zero-order valence-electron chi connectivity index (χ0n) is 19.2. The number of nitrogens with zero attached hydrogens (tertiary/aromatic N) is 1. The lowest BCUT2D eigenvalue weighted by Gasteiger charge is -2.26. The van der Waals surface area contributed by atoms with E-state index in [4.69, 9.17) is 22.3 Å². The summed E-state index contributed by atoms with van der Waals surface area (Å²) < 4.78 is 0. The first-order valence-electron chi connectivity index (χ1n) is 10.5. The summed E-state index contributed by atoms with van der Waals surface area (Å²) in [5.74, 6) is -3.71. The van der Waals surface area contributed by atoms with Crippen molar-refractivity contribution in [2.24, 2.45) is 28.1 Å². The lowest BCUT2D eigenvalue weighted by molar-refractivity contribution is -0.141. The summed E-state index contributed by atoms with van der Waals surface area (Å²) in [6.07, 6.45) is -0.592. The van der Waals surface area contributed by atoms with Gasteiger partial charge in [0.25, 0.3) is 0 Å². The first-order chi connectivity index (χ1) is 15.3. The molecular weight excluding hydrogens is 454 g/mol. The highest BCUT2D eigenvalue weighted by Gasteiger charge is 2.32. The molecule has 0 saturated heterocycles. The lowest BCUT2D eigenvalue weighted by Crippen LogP contribution is -2.60. The molecule has 0 bridgehead atoms. The number of nitrogens with one attached hydrogen (secondary N) is 3. The second kappa shape index (κ2) is 15.3. The number of hydrogen-bond acceptors (Lipinski definition) is 8. The summed E-state index contributed by atoms with van der Waals surface area (Å²) in [5.41, 5.74) is 16.4. The number of aliphatic hydroxyl groups is 1. The minimum absolute atomic E-state index is 0.0562. The van der Waals surface area contributed by atoms with Crippen molar-refractivity contribution in [2.45, 2.75) is 70.3 Å². The maximum absolute atomic E-state index is 12.8. The van der Waals surface area contributed by atoms with Gasteiger partial charge in [0.05, 0.1) is 12.1 Å². The Morgan fingerprint density at radius 2 is 1.55 bits per heavy atom. The van der Waals surface area contributed by atoms with Crippen LogP contribution in [0, 0.1) is 5.92 Å². The molecule has 33 heavy (non-hydrogen) atoms. The smallest absolute Gasteiger partial charge is 0.327 e. The summed E-state index contributed by atoms with van der Waals surface area (Å²) in [6.45, 7) is 5.23. The predicted octanol–water partition coefficient (Wildman–Crippen LogP) is -2.74. The normalized spacial score (nSPS) is 15.5. The molecule has 0 aliphatic carbocycles. The van der Waals surface area contributed by atoms with Crippen LogP contribution in [0.3, 0.4) is 0 Å². The number of aliphatic imine (C=N–C) groups is 1. The van der Waals surface area contributed by atoms with E-state index in [2.05, 4.69) is 33.6 Å². The second-order valence-electron chi connectivity index (χ2n) is 8.05. The number of rotatable bonds is 15. The molecule has 0 aromatic heterocycles. The van der Waals surface area contributed by atoms with Crippen molar-refractivity contribution >= 4 is 42.3 Å². The maximum atomic E-state index is 12.8. The fourth-order valence-electron chi connectivity index (χ4n) is 2.77. The van der Waals surface area contributed by atoms with Gasteiger partial charge < -0.3 is 43.4 Å². The lowest BCUT2D eigenvalue weighted by atomic mass is 10.0. The molecule has 0 rings (SSSR count). The van der Waals surface area contributed by atoms with Crippen LogP contribution in [0.15, 0.2) is 4.99 Å². The Morgan fingerprint density at radius 3 is 2.00 bits per heavy atom. The molecule has 3 amide bonds. The van der Waals surface area contributed by atoms with Gasteiger partial charge in [0.2, 0.25) is 17.7 Å². The molecule has 0 heterocycles. The zero-order chi connectivity index (χ0) is 25.7. The molecule has 0 aromatic carbocycles. The van der Waals surface area contributed by atoms with E-state index in [-0.39, 0.29) is 37.0 Å². The van der Waals surface area contributed by atoms with E-state index >= 15 is 0 Å². The molecule has 0 saturated carbocycles. The summed E-state index contributed by atoms with van der Waals surface area (Å²) in [5, 5.41) is 26.3. The van der Waals surface area contributed by atoms with Crippen LogP contribution in [0.4, 0.5) is 0 Å². The number of guanidine groups is 1. The molecule has 11 N–H and O–H groups in total. The number of amides is 3. The van der Waals surface area contributed by atoms with Gasteiger partial charge in [-0.25, -0.2) is 4.79 Å². The number of nitrogens with two attached hydrogens (primary N) is 3. The SMILES string of the molecule is CC(C)CC(N)C(=O)NC(C(=O)NC(CCCN=C(N)N)C(=O)NC(CS)C(=O)O)C(C)O. The first kappa shape index (κ1) is 30.4. The number of carboxylic acid groups (broad SMARTS) is 1.